The van der Waals surface area contributed by atoms with Crippen molar-refractivity contribution in [1.82, 2.24) is 10.3 Å². The normalized spacial score (nSPS) is 24.0. The van der Waals surface area contributed by atoms with Gasteiger partial charge in [-0.25, -0.2) is 10.3 Å². The van der Waals surface area contributed by atoms with Gasteiger partial charge in [0, 0.05) is 5.75 Å². The van der Waals surface area contributed by atoms with Crippen LogP contribution in [-0.2, 0) is 0 Å². The topological polar surface area (TPSA) is 24.1 Å². The van der Waals surface area contributed by atoms with Crippen molar-refractivity contribution in [3.05, 3.63) is 6.54 Å². The molecule has 0 amide bonds. The maximum atomic E-state index is 2.83. The summed E-state index contributed by atoms with van der Waals surface area (Å²) in [5, 5.41) is 0. The molecule has 0 aliphatic carbocycles. The zero-order valence-electron chi connectivity index (χ0n) is 2.69. The first-order valence-electron chi connectivity index (χ1n) is 1.44. The highest BCUT2D eigenvalue weighted by Gasteiger charge is 1.92. The van der Waals surface area contributed by atoms with Gasteiger partial charge in [0.1, 0.15) is 0 Å². The van der Waals surface area contributed by atoms with Crippen LogP contribution in [0.5, 0.6) is 0 Å². The van der Waals surface area contributed by atoms with Crippen LogP contribution < -0.4 is 10.3 Å². The second-order valence-corrected chi connectivity index (χ2v) is 1.59. The molecule has 5 heavy (non-hydrogen) atoms. The standard InChI is InChI=1S/C2H5N2S/c1-2-5-4-3-1/h1,3-4H,2H2. The highest BCUT2D eigenvalue weighted by atomic mass is 32.2. The molecule has 1 aliphatic heterocycles. The molecule has 2 N–H and O–H groups in total. The third-order valence-corrected chi connectivity index (χ3v) is 0.995. The average molecular weight is 89.1 g/mol. The molecule has 0 atom stereocenters. The molecule has 0 spiro atoms. The average Bonchev–Trinajstić information content (AvgIpc) is 1.76. The van der Waals surface area contributed by atoms with Gasteiger partial charge in [0.15, 0.2) is 0 Å². The quantitative estimate of drug-likeness (QED) is 0.405. The number of hydrogen-bond donors (Lipinski definition) is 2. The van der Waals surface area contributed by atoms with Crippen LogP contribution in [0.2, 0.25) is 0 Å². The minimum absolute atomic E-state index is 1.07. The molecule has 1 radical (unpaired) electrons. The van der Waals surface area contributed by atoms with Gasteiger partial charge in [-0.2, -0.15) is 0 Å². The predicted molar refractivity (Wildman–Crippen MR) is 23.0 cm³/mol. The second-order valence-electron chi connectivity index (χ2n) is 0.762. The van der Waals surface area contributed by atoms with E-state index in [0.29, 0.717) is 0 Å². The van der Waals surface area contributed by atoms with Crippen molar-refractivity contribution in [3.8, 4) is 0 Å². The summed E-state index contributed by atoms with van der Waals surface area (Å²) in [5.41, 5.74) is 2.81. The van der Waals surface area contributed by atoms with Crippen molar-refractivity contribution in [3.63, 3.8) is 0 Å². The molecule has 29 valence electrons. The Bertz CT molecular complexity index is 19.2. The van der Waals surface area contributed by atoms with Crippen LogP contribution in [0.15, 0.2) is 0 Å². The van der Waals surface area contributed by atoms with Crippen LogP contribution in [0.1, 0.15) is 0 Å². The van der Waals surface area contributed by atoms with Crippen LogP contribution in [-0.4, -0.2) is 5.75 Å². The van der Waals surface area contributed by atoms with E-state index in [1.165, 1.54) is 0 Å². The summed E-state index contributed by atoms with van der Waals surface area (Å²) in [5.74, 6) is 1.07. The zero-order chi connectivity index (χ0) is 3.54. The van der Waals surface area contributed by atoms with E-state index in [-0.39, 0.29) is 0 Å². The molecule has 0 unspecified atom stereocenters. The maximum absolute atomic E-state index is 2.83. The summed E-state index contributed by atoms with van der Waals surface area (Å²) in [6, 6.07) is 0. The number of nitrogens with one attached hydrogen (secondary N) is 2. The van der Waals surface area contributed by atoms with Crippen molar-refractivity contribution < 1.29 is 0 Å². The van der Waals surface area contributed by atoms with Gasteiger partial charge in [-0.1, -0.05) is 11.9 Å². The van der Waals surface area contributed by atoms with Crippen LogP contribution in [0.25, 0.3) is 0 Å². The Morgan fingerprint density at radius 1 is 1.80 bits per heavy atom. The van der Waals surface area contributed by atoms with E-state index in [0.717, 1.165) is 5.75 Å². The van der Waals surface area contributed by atoms with Crippen LogP contribution in [0.3, 0.4) is 0 Å². The van der Waals surface area contributed by atoms with E-state index >= 15 is 0 Å². The molecule has 1 saturated heterocycles. The first-order chi connectivity index (χ1) is 2.50. The lowest BCUT2D eigenvalue weighted by atomic mass is 10.8. The Balaban J connectivity index is 2.08. The van der Waals surface area contributed by atoms with Gasteiger partial charge in [-0.15, -0.1) is 0 Å². The summed E-state index contributed by atoms with van der Waals surface area (Å²) in [6.45, 7) is 1.96. The van der Waals surface area contributed by atoms with Crippen molar-refractivity contribution >= 4 is 11.9 Å². The van der Waals surface area contributed by atoms with Gasteiger partial charge in [-0.3, -0.25) is 0 Å². The number of hydrogen-bond acceptors (Lipinski definition) is 3. The molecule has 1 heterocycles. The monoisotopic (exact) mass is 89.0 g/mol. The van der Waals surface area contributed by atoms with Crippen molar-refractivity contribution in [1.29, 1.82) is 0 Å². The molecule has 0 bridgehead atoms. The molecule has 1 fully saturated rings. The van der Waals surface area contributed by atoms with Crippen LogP contribution in [0, 0.1) is 6.54 Å². The molecular weight excluding hydrogens is 84.1 g/mol. The van der Waals surface area contributed by atoms with Gasteiger partial charge in [0.2, 0.25) is 0 Å². The summed E-state index contributed by atoms with van der Waals surface area (Å²) in [7, 11) is 0. The van der Waals surface area contributed by atoms with Gasteiger partial charge in [-0.05, 0) is 0 Å². The Hall–Kier alpha value is 0.270. The Morgan fingerprint density at radius 2 is 2.80 bits per heavy atom. The number of rotatable bonds is 0. The minimum atomic E-state index is 1.07. The maximum Gasteiger partial charge on any atom is 0.0501 e. The van der Waals surface area contributed by atoms with E-state index in [2.05, 4.69) is 10.3 Å². The molecule has 2 nitrogen and oxygen atoms in total. The fraction of sp³-hybridized carbons (Fsp3) is 0.500. The highest BCUT2D eigenvalue weighted by molar-refractivity contribution is 7.97. The molecule has 1 rings (SSSR count). The lowest BCUT2D eigenvalue weighted by Crippen LogP contribution is -2.12. The largest absolute Gasteiger partial charge is 0.242 e. The third-order valence-electron chi connectivity index (χ3n) is 0.400. The van der Waals surface area contributed by atoms with E-state index in [1.807, 2.05) is 6.54 Å². The minimum Gasteiger partial charge on any atom is -0.242 e. The molecule has 1 aliphatic rings. The van der Waals surface area contributed by atoms with Crippen molar-refractivity contribution in [2.24, 2.45) is 0 Å². The molecule has 0 saturated carbocycles. The van der Waals surface area contributed by atoms with Gasteiger partial charge in [0.05, 0.1) is 6.54 Å². The van der Waals surface area contributed by atoms with Crippen LogP contribution in [0.4, 0.5) is 0 Å². The van der Waals surface area contributed by atoms with Gasteiger partial charge >= 0.3 is 0 Å². The third kappa shape index (κ3) is 0.792. The van der Waals surface area contributed by atoms with E-state index in [9.17, 15) is 0 Å². The summed E-state index contributed by atoms with van der Waals surface area (Å²) in [6.07, 6.45) is 0. The Labute approximate surface area is 35.4 Å². The Kier molecular flexibility index (Phi) is 1.14. The van der Waals surface area contributed by atoms with Crippen molar-refractivity contribution in [2.75, 3.05) is 5.75 Å². The first kappa shape index (κ1) is 3.46. The lowest BCUT2D eigenvalue weighted by molar-refractivity contribution is 0.845. The van der Waals surface area contributed by atoms with E-state index < -0.39 is 0 Å². The molecule has 0 aromatic rings. The van der Waals surface area contributed by atoms with E-state index in [1.54, 1.807) is 11.9 Å². The first-order valence-corrected chi connectivity index (χ1v) is 2.43. The SMILES string of the molecule is [CH]1CSNN1. The molecular formula is C2H5N2S. The predicted octanol–water partition coefficient (Wildman–Crippen LogP) is -0.0958. The van der Waals surface area contributed by atoms with Gasteiger partial charge in [0.25, 0.3) is 0 Å². The second kappa shape index (κ2) is 1.64. The smallest absolute Gasteiger partial charge is 0.0501 e. The van der Waals surface area contributed by atoms with E-state index in [4.69, 9.17) is 0 Å². The van der Waals surface area contributed by atoms with Gasteiger partial charge < -0.3 is 0 Å². The summed E-state index contributed by atoms with van der Waals surface area (Å²) in [4.78, 5) is 2.83. The lowest BCUT2D eigenvalue weighted by Gasteiger charge is -1.79. The fourth-order valence-electron chi connectivity index (χ4n) is 0.208. The van der Waals surface area contributed by atoms with Crippen molar-refractivity contribution in [2.45, 2.75) is 0 Å². The highest BCUT2D eigenvalue weighted by Crippen LogP contribution is 1.96. The Morgan fingerprint density at radius 3 is 3.00 bits per heavy atom. The molecule has 0 aromatic carbocycles. The molecule has 0 aromatic heterocycles. The zero-order valence-corrected chi connectivity index (χ0v) is 3.51. The summed E-state index contributed by atoms with van der Waals surface area (Å²) >= 11 is 1.66. The summed E-state index contributed by atoms with van der Waals surface area (Å²) < 4.78 is 0. The van der Waals surface area contributed by atoms with Crippen LogP contribution >= 0.6 is 11.9 Å². The number of hydrazine groups is 1. The molecule has 3 heteroatoms. The fourth-order valence-corrected chi connectivity index (χ4v) is 0.625.